The van der Waals surface area contributed by atoms with Crippen LogP contribution in [0.25, 0.3) is 0 Å². The number of amides is 2. The molecule has 8 heteroatoms. The molecule has 1 aromatic carbocycles. The summed E-state index contributed by atoms with van der Waals surface area (Å²) in [5.41, 5.74) is 1.05. The minimum Gasteiger partial charge on any atom is -0.488 e. The van der Waals surface area contributed by atoms with Gasteiger partial charge >= 0.3 is 12.1 Å². The van der Waals surface area contributed by atoms with Crippen LogP contribution in [0.1, 0.15) is 57.4 Å². The topological polar surface area (TPSA) is 94.2 Å². The van der Waals surface area contributed by atoms with Gasteiger partial charge < -0.3 is 24.4 Å². The summed E-state index contributed by atoms with van der Waals surface area (Å²) in [5, 5.41) is 2.72. The highest BCUT2D eigenvalue weighted by atomic mass is 16.5. The van der Waals surface area contributed by atoms with Crippen LogP contribution in [0.4, 0.5) is 4.79 Å². The maximum Gasteiger partial charge on any atom is 0.407 e. The molecule has 2 heterocycles. The van der Waals surface area contributed by atoms with Crippen LogP contribution >= 0.6 is 0 Å². The molecule has 0 saturated carbocycles. The van der Waals surface area contributed by atoms with Crippen molar-refractivity contribution in [3.05, 3.63) is 42.0 Å². The first-order chi connectivity index (χ1) is 16.5. The predicted molar refractivity (Wildman–Crippen MR) is 127 cm³/mol. The highest BCUT2D eigenvalue weighted by molar-refractivity contribution is 5.90. The Balaban J connectivity index is 1.87. The fraction of sp³-hybridized carbons (Fsp3) is 0.577. The fourth-order valence-corrected chi connectivity index (χ4v) is 4.36. The van der Waals surface area contributed by atoms with Crippen LogP contribution in [0.5, 0.6) is 5.75 Å². The summed E-state index contributed by atoms with van der Waals surface area (Å²) in [6.45, 7) is 2.55. The average molecular weight is 473 g/mol. The molecule has 1 N–H and O–H groups in total. The van der Waals surface area contributed by atoms with Crippen molar-refractivity contribution in [3.8, 4) is 5.75 Å². The molecule has 1 aromatic rings. The number of esters is 1. The van der Waals surface area contributed by atoms with Crippen molar-refractivity contribution in [3.63, 3.8) is 0 Å². The van der Waals surface area contributed by atoms with Gasteiger partial charge in [-0.1, -0.05) is 50.1 Å². The lowest BCUT2D eigenvalue weighted by Gasteiger charge is -2.27. The van der Waals surface area contributed by atoms with Crippen LogP contribution in [-0.2, 0) is 25.5 Å². The summed E-state index contributed by atoms with van der Waals surface area (Å²) >= 11 is 0. The minimum absolute atomic E-state index is 0.238. The maximum absolute atomic E-state index is 13.5. The second kappa shape index (κ2) is 13.0. The number of rotatable bonds is 4. The van der Waals surface area contributed by atoms with Crippen molar-refractivity contribution in [2.24, 2.45) is 0 Å². The van der Waals surface area contributed by atoms with Crippen molar-refractivity contribution < 1.29 is 28.6 Å². The number of carbonyl (C=O) groups excluding carboxylic acids is 3. The number of hydrogen-bond acceptors (Lipinski definition) is 6. The molecule has 2 aliphatic heterocycles. The van der Waals surface area contributed by atoms with Crippen LogP contribution in [-0.4, -0.2) is 61.3 Å². The van der Waals surface area contributed by atoms with Crippen molar-refractivity contribution in [1.82, 2.24) is 10.2 Å². The lowest BCUT2D eigenvalue weighted by Crippen LogP contribution is -2.52. The van der Waals surface area contributed by atoms with Gasteiger partial charge in [0.15, 0.2) is 0 Å². The molecule has 0 radical (unpaired) electrons. The number of allylic oxidation sites excluding steroid dienone is 2. The molecule has 0 unspecified atom stereocenters. The molecule has 0 aliphatic carbocycles. The lowest BCUT2D eigenvalue weighted by atomic mass is 10.1. The number of para-hydroxylation sites is 1. The Bertz CT molecular complexity index is 871. The van der Waals surface area contributed by atoms with E-state index in [1.165, 1.54) is 12.0 Å². The Labute approximate surface area is 201 Å². The molecule has 3 rings (SSSR count). The van der Waals surface area contributed by atoms with E-state index in [4.69, 9.17) is 14.2 Å². The van der Waals surface area contributed by atoms with Crippen LogP contribution < -0.4 is 10.1 Å². The Morgan fingerprint density at radius 3 is 2.82 bits per heavy atom. The molecule has 2 bridgehead atoms. The molecular weight excluding hydrogens is 436 g/mol. The van der Waals surface area contributed by atoms with Gasteiger partial charge in [-0.25, -0.2) is 9.59 Å². The molecule has 2 aliphatic rings. The number of ether oxygens (including phenoxy) is 3. The van der Waals surface area contributed by atoms with Gasteiger partial charge in [-0.05, 0) is 43.7 Å². The van der Waals surface area contributed by atoms with Gasteiger partial charge in [-0.3, -0.25) is 4.79 Å². The minimum atomic E-state index is -0.771. The number of fused-ring (bicyclic) bond motifs is 3. The van der Waals surface area contributed by atoms with Gasteiger partial charge in [0.2, 0.25) is 5.91 Å². The van der Waals surface area contributed by atoms with Crippen molar-refractivity contribution >= 4 is 18.0 Å². The van der Waals surface area contributed by atoms with Gasteiger partial charge in [-0.15, -0.1) is 0 Å². The monoisotopic (exact) mass is 472 g/mol. The van der Waals surface area contributed by atoms with Crippen LogP contribution in [0.2, 0.25) is 0 Å². The number of alkyl carbamates (subject to hydrolysis) is 1. The zero-order chi connectivity index (χ0) is 24.3. The highest BCUT2D eigenvalue weighted by Gasteiger charge is 2.43. The van der Waals surface area contributed by atoms with E-state index in [0.29, 0.717) is 19.4 Å². The first-order valence-corrected chi connectivity index (χ1v) is 12.2. The number of carbonyl (C=O) groups is 3. The standard InChI is InChI=1S/C26H36N2O6/c1-3-4-14-21-24(29)28-18-20(17-22(28)25(30)32-2)34-23-15-10-9-13-19(23)12-8-6-5-7-11-16-33-26(31)27-21/h6,8-10,13,15,20-22H,3-5,7,11-12,14,16-18H2,1-2H3,(H,27,31)/b8-6+/t20-,21+,22+/m1/s1. The molecule has 8 nitrogen and oxygen atoms in total. The molecule has 2 amide bonds. The van der Waals surface area contributed by atoms with E-state index in [2.05, 4.69) is 17.5 Å². The number of unbranched alkanes of at least 4 members (excludes halogenated alkanes) is 1. The average Bonchev–Trinajstić information content (AvgIpc) is 3.26. The van der Waals surface area contributed by atoms with E-state index in [1.54, 1.807) is 0 Å². The quantitative estimate of drug-likeness (QED) is 0.530. The molecular formula is C26H36N2O6. The second-order valence-corrected chi connectivity index (χ2v) is 8.76. The second-order valence-electron chi connectivity index (χ2n) is 8.76. The fourth-order valence-electron chi connectivity index (χ4n) is 4.36. The largest absolute Gasteiger partial charge is 0.488 e. The van der Waals surface area contributed by atoms with E-state index < -0.39 is 24.1 Å². The highest BCUT2D eigenvalue weighted by Crippen LogP contribution is 2.28. The van der Waals surface area contributed by atoms with E-state index in [1.807, 2.05) is 31.2 Å². The zero-order valence-corrected chi connectivity index (χ0v) is 20.2. The van der Waals surface area contributed by atoms with Crippen molar-refractivity contribution in [2.45, 2.75) is 76.5 Å². The maximum atomic E-state index is 13.5. The third-order valence-electron chi connectivity index (χ3n) is 6.22. The summed E-state index contributed by atoms with van der Waals surface area (Å²) < 4.78 is 16.6. The van der Waals surface area contributed by atoms with Gasteiger partial charge in [-0.2, -0.15) is 0 Å². The molecule has 1 saturated heterocycles. The molecule has 1 fully saturated rings. The normalized spacial score (nSPS) is 25.1. The summed E-state index contributed by atoms with van der Waals surface area (Å²) in [6, 6.07) is 6.30. The Morgan fingerprint density at radius 2 is 2.03 bits per heavy atom. The number of nitrogens with zero attached hydrogens (tertiary/aromatic N) is 1. The van der Waals surface area contributed by atoms with Gasteiger partial charge in [0.1, 0.15) is 23.9 Å². The lowest BCUT2D eigenvalue weighted by molar-refractivity contribution is -0.151. The zero-order valence-electron chi connectivity index (χ0n) is 20.2. The summed E-state index contributed by atoms with van der Waals surface area (Å²) in [6.07, 6.45) is 8.94. The van der Waals surface area contributed by atoms with Crippen molar-refractivity contribution in [2.75, 3.05) is 20.3 Å². The number of benzene rings is 1. The molecule has 0 spiro atoms. The first-order valence-electron chi connectivity index (χ1n) is 12.2. The van der Waals surface area contributed by atoms with E-state index >= 15 is 0 Å². The van der Waals surface area contributed by atoms with E-state index in [-0.39, 0.29) is 18.6 Å². The third-order valence-corrected chi connectivity index (χ3v) is 6.22. The summed E-state index contributed by atoms with van der Waals surface area (Å²) in [4.78, 5) is 39.9. The number of hydrogen-bond donors (Lipinski definition) is 1. The first kappa shape index (κ1) is 25.6. The van der Waals surface area contributed by atoms with Crippen molar-refractivity contribution in [1.29, 1.82) is 0 Å². The van der Waals surface area contributed by atoms with Crippen LogP contribution in [0.15, 0.2) is 36.4 Å². The third kappa shape index (κ3) is 6.98. The van der Waals surface area contributed by atoms with Gasteiger partial charge in [0.25, 0.3) is 0 Å². The summed E-state index contributed by atoms with van der Waals surface area (Å²) in [5.74, 6) is -0.0528. The number of cyclic esters (lactones) is 1. The van der Waals surface area contributed by atoms with Gasteiger partial charge in [0.05, 0.1) is 20.3 Å². The predicted octanol–water partition coefficient (Wildman–Crippen LogP) is 3.78. The Hall–Kier alpha value is -3.03. The van der Waals surface area contributed by atoms with Crippen LogP contribution in [0, 0.1) is 0 Å². The van der Waals surface area contributed by atoms with Crippen LogP contribution in [0.3, 0.4) is 0 Å². The van der Waals surface area contributed by atoms with E-state index in [0.717, 1.165) is 49.8 Å². The molecule has 186 valence electrons. The molecule has 34 heavy (non-hydrogen) atoms. The van der Waals surface area contributed by atoms with Gasteiger partial charge in [0, 0.05) is 6.42 Å². The summed E-state index contributed by atoms with van der Waals surface area (Å²) in [7, 11) is 1.31. The Kier molecular flexibility index (Phi) is 9.79. The molecule has 0 aromatic heterocycles. The molecule has 3 atom stereocenters. The number of methoxy groups -OCH3 is 1. The smallest absolute Gasteiger partial charge is 0.407 e. The SMILES string of the molecule is CCCC[C@@H]1NC(=O)OCCCC/C=C/Cc2ccccc2O[C@@H]2C[C@@H](C(=O)OC)N(C2)C1=O. The number of nitrogens with one attached hydrogen (secondary N) is 1. The Morgan fingerprint density at radius 1 is 1.21 bits per heavy atom. The van der Waals surface area contributed by atoms with E-state index in [9.17, 15) is 14.4 Å².